The first-order chi connectivity index (χ1) is 22.6. The van der Waals surface area contributed by atoms with Crippen LogP contribution in [0.1, 0.15) is 170 Å². The first kappa shape index (κ1) is 38.2. The number of hydrogen-bond acceptors (Lipinski definition) is 2. The lowest BCUT2D eigenvalue weighted by atomic mass is 9.47. The molecule has 2 nitrogen and oxygen atoms in total. The first-order valence-electron chi connectivity index (χ1n) is 20.5. The van der Waals surface area contributed by atoms with Crippen LogP contribution in [0.15, 0.2) is 48.1 Å². The zero-order chi connectivity index (χ0) is 33.9. The van der Waals surface area contributed by atoms with E-state index in [-0.39, 0.29) is 12.1 Å². The van der Waals surface area contributed by atoms with Crippen molar-refractivity contribution in [3.05, 3.63) is 48.1 Å². The third kappa shape index (κ3) is 9.78. The molecule has 2 heteroatoms. The van der Waals surface area contributed by atoms with Gasteiger partial charge in [0.2, 0.25) is 0 Å². The number of hydrogen-bond donors (Lipinski definition) is 0. The summed E-state index contributed by atoms with van der Waals surface area (Å²) in [4.78, 5) is 12.8. The lowest BCUT2D eigenvalue weighted by Gasteiger charge is -2.58. The van der Waals surface area contributed by atoms with E-state index in [2.05, 4.69) is 91.0 Å². The van der Waals surface area contributed by atoms with Gasteiger partial charge in [0.05, 0.1) is 0 Å². The van der Waals surface area contributed by atoms with Crippen LogP contribution in [0, 0.1) is 52.3 Å². The second-order valence-corrected chi connectivity index (χ2v) is 17.2. The van der Waals surface area contributed by atoms with Gasteiger partial charge in [-0.05, 0) is 142 Å². The molecule has 0 spiro atoms. The van der Waals surface area contributed by atoms with Gasteiger partial charge in [0.1, 0.15) is 6.10 Å². The maximum atomic E-state index is 12.8. The maximum absolute atomic E-state index is 12.8. The van der Waals surface area contributed by atoms with E-state index in [9.17, 15) is 4.79 Å². The van der Waals surface area contributed by atoms with E-state index in [1.165, 1.54) is 70.6 Å². The van der Waals surface area contributed by atoms with Crippen LogP contribution >= 0.6 is 0 Å². The van der Waals surface area contributed by atoms with E-state index in [4.69, 9.17) is 4.74 Å². The monoisotopic (exact) mass is 647 g/mol. The van der Waals surface area contributed by atoms with Crippen LogP contribution in [0.2, 0.25) is 0 Å². The van der Waals surface area contributed by atoms with Crippen molar-refractivity contribution in [3.8, 4) is 0 Å². The minimum absolute atomic E-state index is 0.0314. The molecule has 0 N–H and O–H groups in total. The summed E-state index contributed by atoms with van der Waals surface area (Å²) in [6.07, 6.45) is 39.6. The Labute approximate surface area is 291 Å². The highest BCUT2D eigenvalue weighted by atomic mass is 16.5. The highest BCUT2D eigenvalue weighted by molar-refractivity contribution is 5.69. The molecule has 0 aliphatic heterocycles. The fourth-order valence-corrected chi connectivity index (χ4v) is 10.9. The van der Waals surface area contributed by atoms with Gasteiger partial charge in [-0.1, -0.05) is 116 Å². The normalized spacial score (nSPS) is 33.6. The minimum Gasteiger partial charge on any atom is -0.462 e. The Morgan fingerprint density at radius 3 is 2.32 bits per heavy atom. The van der Waals surface area contributed by atoms with Crippen molar-refractivity contribution in [2.45, 2.75) is 177 Å². The molecule has 0 amide bonds. The molecule has 266 valence electrons. The highest BCUT2D eigenvalue weighted by Crippen LogP contribution is 2.67. The van der Waals surface area contributed by atoms with Crippen LogP contribution in [-0.4, -0.2) is 12.1 Å². The van der Waals surface area contributed by atoms with E-state index < -0.39 is 0 Å². The molecular formula is C45H74O2. The maximum Gasteiger partial charge on any atom is 0.306 e. The number of carbonyl (C=O) groups is 1. The molecule has 0 bridgehead atoms. The molecular weight excluding hydrogens is 572 g/mol. The Bertz CT molecular complexity index is 1080. The largest absolute Gasteiger partial charge is 0.462 e. The summed E-state index contributed by atoms with van der Waals surface area (Å²) in [5, 5.41) is 0. The van der Waals surface area contributed by atoms with E-state index >= 15 is 0 Å². The molecule has 4 rings (SSSR count). The zero-order valence-electron chi connectivity index (χ0n) is 31.9. The fourth-order valence-electron chi connectivity index (χ4n) is 10.9. The molecule has 4 aliphatic rings. The molecule has 0 heterocycles. The number of fused-ring (bicyclic) bond motifs is 5. The molecule has 0 unspecified atom stereocenters. The molecule has 0 saturated heterocycles. The number of allylic oxidation sites excluding steroid dienone is 7. The first-order valence-corrected chi connectivity index (χ1v) is 20.5. The Morgan fingerprint density at radius 2 is 1.62 bits per heavy atom. The van der Waals surface area contributed by atoms with E-state index in [1.807, 2.05) is 0 Å². The summed E-state index contributed by atoms with van der Waals surface area (Å²) in [7, 11) is 0. The van der Waals surface area contributed by atoms with Gasteiger partial charge in [0.25, 0.3) is 0 Å². The van der Waals surface area contributed by atoms with Crippen LogP contribution in [0.3, 0.4) is 0 Å². The minimum atomic E-state index is 0.0314. The molecule has 3 fully saturated rings. The van der Waals surface area contributed by atoms with Gasteiger partial charge >= 0.3 is 5.97 Å². The predicted molar refractivity (Wildman–Crippen MR) is 202 cm³/mol. The smallest absolute Gasteiger partial charge is 0.306 e. The van der Waals surface area contributed by atoms with Crippen molar-refractivity contribution in [1.82, 2.24) is 0 Å². The van der Waals surface area contributed by atoms with Gasteiger partial charge in [0, 0.05) is 12.8 Å². The number of ether oxygens (including phenoxy) is 1. The Kier molecular flexibility index (Phi) is 15.0. The summed E-state index contributed by atoms with van der Waals surface area (Å²) in [5.74, 6) is 5.49. The lowest BCUT2D eigenvalue weighted by molar-refractivity contribution is -0.151. The van der Waals surface area contributed by atoms with Crippen molar-refractivity contribution in [3.63, 3.8) is 0 Å². The van der Waals surface area contributed by atoms with Crippen molar-refractivity contribution < 1.29 is 9.53 Å². The average Bonchev–Trinajstić information content (AvgIpc) is 3.41. The van der Waals surface area contributed by atoms with Crippen LogP contribution < -0.4 is 0 Å². The van der Waals surface area contributed by atoms with Crippen LogP contribution in [0.4, 0.5) is 0 Å². The van der Waals surface area contributed by atoms with Crippen molar-refractivity contribution in [2.75, 3.05) is 0 Å². The summed E-state index contributed by atoms with van der Waals surface area (Å²) in [6, 6.07) is 0. The fraction of sp³-hybridized carbons (Fsp3) is 0.800. The molecule has 47 heavy (non-hydrogen) atoms. The average molecular weight is 647 g/mol. The number of unbranched alkanes of at least 4 members (excludes halogenated alkanes) is 6. The molecule has 0 aromatic heterocycles. The van der Waals surface area contributed by atoms with E-state index in [1.54, 1.807) is 5.57 Å². The quantitative estimate of drug-likeness (QED) is 0.0841. The molecule has 0 aromatic rings. The van der Waals surface area contributed by atoms with Gasteiger partial charge in [-0.2, -0.15) is 0 Å². The van der Waals surface area contributed by atoms with Gasteiger partial charge in [-0.15, -0.1) is 0 Å². The van der Waals surface area contributed by atoms with Crippen molar-refractivity contribution in [2.24, 2.45) is 52.3 Å². The van der Waals surface area contributed by atoms with Crippen LogP contribution in [0.5, 0.6) is 0 Å². The SMILES string of the molecule is CCCCC/C=C\C/C=C\CCCCCC(=O)O[C@H]1CC[C@@]2(C)C(=CC[C@H]3[C@@H]4CC[C@H]([C@H](C)/C=C/[C@@H](CC)C(C)C)[C@@]4(C)CC[C@@H]32)C1. The summed E-state index contributed by atoms with van der Waals surface area (Å²) in [5.41, 5.74) is 2.42. The molecule has 0 radical (unpaired) electrons. The summed E-state index contributed by atoms with van der Waals surface area (Å²) < 4.78 is 6.11. The zero-order valence-corrected chi connectivity index (χ0v) is 31.9. The molecule has 4 aliphatic carbocycles. The van der Waals surface area contributed by atoms with Gasteiger partial charge in [-0.3, -0.25) is 4.79 Å². The van der Waals surface area contributed by atoms with Crippen molar-refractivity contribution in [1.29, 1.82) is 0 Å². The summed E-state index contributed by atoms with van der Waals surface area (Å²) >= 11 is 0. The van der Waals surface area contributed by atoms with E-state index in [0.717, 1.165) is 74.5 Å². The summed E-state index contributed by atoms with van der Waals surface area (Å²) in [6.45, 7) is 17.1. The topological polar surface area (TPSA) is 26.3 Å². The third-order valence-corrected chi connectivity index (χ3v) is 13.9. The van der Waals surface area contributed by atoms with E-state index in [0.29, 0.717) is 29.1 Å². The van der Waals surface area contributed by atoms with Gasteiger partial charge < -0.3 is 4.74 Å². The Balaban J connectivity index is 1.20. The number of esters is 1. The van der Waals surface area contributed by atoms with Crippen molar-refractivity contribution >= 4 is 5.97 Å². The van der Waals surface area contributed by atoms with Crippen LogP contribution in [0.25, 0.3) is 0 Å². The second-order valence-electron chi connectivity index (χ2n) is 17.2. The molecule has 3 saturated carbocycles. The second kappa shape index (κ2) is 18.4. The molecule has 0 aromatic carbocycles. The van der Waals surface area contributed by atoms with Gasteiger partial charge in [0.15, 0.2) is 0 Å². The number of carbonyl (C=O) groups excluding carboxylic acids is 1. The van der Waals surface area contributed by atoms with Gasteiger partial charge in [-0.25, -0.2) is 0 Å². The molecule has 9 atom stereocenters. The van der Waals surface area contributed by atoms with Crippen LogP contribution in [-0.2, 0) is 9.53 Å². The third-order valence-electron chi connectivity index (χ3n) is 13.9. The standard InChI is InChI=1S/C45H74O2/c1-8-10-11-12-13-14-15-16-17-18-19-20-21-22-43(46)47-38-29-31-44(6)37(33-38)25-26-39-41-28-27-40(45(41,7)32-30-42(39)44)35(5)23-24-36(9-2)34(3)4/h13-14,16-17,23-25,34-36,38-42H,8-12,15,18-22,26-33H2,1-7H3/b14-13-,17-16-,24-23+/t35-,36-,38+,39+,40-,41+,42+,44+,45-/m1/s1. The number of rotatable bonds is 18. The lowest BCUT2D eigenvalue weighted by Crippen LogP contribution is -2.51. The Hall–Kier alpha value is -1.57. The predicted octanol–water partition coefficient (Wildman–Crippen LogP) is 13.4. The highest BCUT2D eigenvalue weighted by Gasteiger charge is 2.59. The Morgan fingerprint density at radius 1 is 0.872 bits per heavy atom.